The highest BCUT2D eigenvalue weighted by atomic mass is 79.9. The van der Waals surface area contributed by atoms with Gasteiger partial charge in [0.05, 0.1) is 18.2 Å². The summed E-state index contributed by atoms with van der Waals surface area (Å²) < 4.78 is 11.5. The molecule has 0 radical (unpaired) electrons. The number of urea groups is 1. The fourth-order valence-electron chi connectivity index (χ4n) is 1.92. The van der Waals surface area contributed by atoms with Crippen LogP contribution in [0.15, 0.2) is 22.3 Å². The zero-order valence-electron chi connectivity index (χ0n) is 11.9. The number of nitrogens with one attached hydrogen (secondary N) is 1. The molecule has 1 saturated heterocycles. The summed E-state index contributed by atoms with van der Waals surface area (Å²) in [5, 5.41) is 2.51. The van der Waals surface area contributed by atoms with E-state index in [-0.39, 0.29) is 11.6 Å². The number of carbonyl (C=O) groups is 2. The molecular formula is C14H15BrN2O4. The Bertz CT molecular complexity index is 628. The molecule has 1 N–H and O–H groups in total. The van der Waals surface area contributed by atoms with Crippen molar-refractivity contribution in [3.63, 3.8) is 0 Å². The normalized spacial score (nSPS) is 16.4. The first-order valence-electron chi connectivity index (χ1n) is 6.29. The van der Waals surface area contributed by atoms with E-state index < -0.39 is 6.03 Å². The predicted octanol–water partition coefficient (Wildman–Crippen LogP) is 2.38. The number of hydrogen-bond acceptors (Lipinski definition) is 4. The quantitative estimate of drug-likeness (QED) is 0.665. The van der Waals surface area contributed by atoms with E-state index >= 15 is 0 Å². The van der Waals surface area contributed by atoms with Crippen LogP contribution in [0.1, 0.15) is 12.5 Å². The minimum atomic E-state index is -0.441. The first kappa shape index (κ1) is 15.4. The van der Waals surface area contributed by atoms with Crippen molar-refractivity contribution in [2.45, 2.75) is 6.92 Å². The zero-order valence-corrected chi connectivity index (χ0v) is 13.5. The molecule has 112 valence electrons. The third kappa shape index (κ3) is 3.02. The van der Waals surface area contributed by atoms with Crippen molar-refractivity contribution in [1.29, 1.82) is 0 Å². The van der Waals surface area contributed by atoms with Gasteiger partial charge < -0.3 is 14.8 Å². The van der Waals surface area contributed by atoms with Crippen LogP contribution in [0.2, 0.25) is 0 Å². The second-order valence-corrected chi connectivity index (χ2v) is 5.17. The van der Waals surface area contributed by atoms with Crippen molar-refractivity contribution in [1.82, 2.24) is 10.2 Å². The number of nitrogens with zero attached hydrogens (tertiary/aromatic N) is 1. The Balaban J connectivity index is 2.41. The molecule has 1 fully saturated rings. The maximum absolute atomic E-state index is 11.8. The van der Waals surface area contributed by atoms with Gasteiger partial charge in [-0.15, -0.1) is 0 Å². The Morgan fingerprint density at radius 3 is 2.62 bits per heavy atom. The standard InChI is InChI=1S/C14H15BrN2O4/c1-4-21-11-7-8(5-9(15)12(11)20-3)6-10-13(18)17(2)14(19)16-10/h5-7H,4H2,1-3H3,(H,16,19)/b10-6+. The number of hydrogen-bond donors (Lipinski definition) is 1. The van der Waals surface area contributed by atoms with Gasteiger partial charge in [-0.2, -0.15) is 0 Å². The van der Waals surface area contributed by atoms with Gasteiger partial charge in [0.2, 0.25) is 0 Å². The maximum atomic E-state index is 11.8. The van der Waals surface area contributed by atoms with E-state index in [0.717, 1.165) is 4.90 Å². The van der Waals surface area contributed by atoms with Crippen LogP contribution < -0.4 is 14.8 Å². The molecule has 0 aliphatic carbocycles. The van der Waals surface area contributed by atoms with Crippen molar-refractivity contribution in [3.8, 4) is 11.5 Å². The second-order valence-electron chi connectivity index (χ2n) is 4.32. The lowest BCUT2D eigenvalue weighted by atomic mass is 10.1. The molecule has 6 nitrogen and oxygen atoms in total. The van der Waals surface area contributed by atoms with Gasteiger partial charge in [0.25, 0.3) is 5.91 Å². The van der Waals surface area contributed by atoms with E-state index in [1.165, 1.54) is 7.05 Å². The van der Waals surface area contributed by atoms with Crippen LogP contribution in [-0.4, -0.2) is 37.6 Å². The van der Waals surface area contributed by atoms with Crippen LogP contribution in [0.25, 0.3) is 6.08 Å². The fraction of sp³-hybridized carbons (Fsp3) is 0.286. The van der Waals surface area contributed by atoms with Gasteiger partial charge in [-0.1, -0.05) is 0 Å². The molecule has 0 bridgehead atoms. The molecule has 0 spiro atoms. The number of likely N-dealkylation sites (N-methyl/N-ethyl adjacent to an activating group) is 1. The van der Waals surface area contributed by atoms with Crippen molar-refractivity contribution >= 4 is 33.9 Å². The summed E-state index contributed by atoms with van der Waals surface area (Å²) >= 11 is 3.40. The van der Waals surface area contributed by atoms with Crippen molar-refractivity contribution in [2.75, 3.05) is 20.8 Å². The van der Waals surface area contributed by atoms with Crippen LogP contribution >= 0.6 is 15.9 Å². The molecule has 0 unspecified atom stereocenters. The molecule has 7 heteroatoms. The van der Waals surface area contributed by atoms with Crippen LogP contribution in [-0.2, 0) is 4.79 Å². The van der Waals surface area contributed by atoms with E-state index in [4.69, 9.17) is 9.47 Å². The van der Waals surface area contributed by atoms with Crippen LogP contribution in [0.4, 0.5) is 4.79 Å². The molecule has 0 aromatic heterocycles. The van der Waals surface area contributed by atoms with Gasteiger partial charge in [-0.25, -0.2) is 4.79 Å². The summed E-state index contributed by atoms with van der Waals surface area (Å²) in [6.07, 6.45) is 1.59. The SMILES string of the molecule is CCOc1cc(/C=C2/NC(=O)N(C)C2=O)cc(Br)c1OC. The molecule has 0 saturated carbocycles. The first-order chi connectivity index (χ1) is 9.97. The Labute approximate surface area is 130 Å². The number of benzene rings is 1. The maximum Gasteiger partial charge on any atom is 0.328 e. The van der Waals surface area contributed by atoms with E-state index in [1.807, 2.05) is 6.92 Å². The minimum absolute atomic E-state index is 0.224. The number of methoxy groups -OCH3 is 1. The average molecular weight is 355 g/mol. The van der Waals surface area contributed by atoms with Crippen LogP contribution in [0.3, 0.4) is 0 Å². The highest BCUT2D eigenvalue weighted by Gasteiger charge is 2.30. The monoisotopic (exact) mass is 354 g/mol. The summed E-state index contributed by atoms with van der Waals surface area (Å²) in [7, 11) is 2.98. The number of imide groups is 1. The topological polar surface area (TPSA) is 67.9 Å². The minimum Gasteiger partial charge on any atom is -0.492 e. The van der Waals surface area contributed by atoms with Gasteiger partial charge >= 0.3 is 6.03 Å². The molecule has 1 heterocycles. The molecule has 1 aromatic rings. The molecular weight excluding hydrogens is 340 g/mol. The number of amides is 3. The molecule has 21 heavy (non-hydrogen) atoms. The van der Waals surface area contributed by atoms with E-state index in [0.29, 0.717) is 28.1 Å². The number of rotatable bonds is 4. The summed E-state index contributed by atoms with van der Waals surface area (Å²) in [6, 6.07) is 3.09. The van der Waals surface area contributed by atoms with Crippen molar-refractivity contribution in [2.24, 2.45) is 0 Å². The molecule has 0 atom stereocenters. The zero-order chi connectivity index (χ0) is 15.6. The van der Waals surface area contributed by atoms with Crippen molar-refractivity contribution in [3.05, 3.63) is 27.9 Å². The van der Waals surface area contributed by atoms with Gasteiger partial charge in [-0.3, -0.25) is 9.69 Å². The molecule has 1 aliphatic rings. The Hall–Kier alpha value is -2.02. The average Bonchev–Trinajstić information content (AvgIpc) is 2.67. The van der Waals surface area contributed by atoms with E-state index in [2.05, 4.69) is 21.2 Å². The highest BCUT2D eigenvalue weighted by Crippen LogP contribution is 2.37. The number of carbonyl (C=O) groups excluding carboxylic acids is 2. The largest absolute Gasteiger partial charge is 0.492 e. The van der Waals surface area contributed by atoms with Gasteiger partial charge in [-0.05, 0) is 46.6 Å². The lowest BCUT2D eigenvalue weighted by Crippen LogP contribution is -2.25. The smallest absolute Gasteiger partial charge is 0.328 e. The Morgan fingerprint density at radius 1 is 1.38 bits per heavy atom. The third-order valence-corrected chi connectivity index (χ3v) is 3.52. The third-order valence-electron chi connectivity index (χ3n) is 2.93. The second kappa shape index (κ2) is 6.17. The molecule has 3 amide bonds. The first-order valence-corrected chi connectivity index (χ1v) is 7.08. The number of ether oxygens (including phenoxy) is 2. The Kier molecular flexibility index (Phi) is 4.52. The highest BCUT2D eigenvalue weighted by molar-refractivity contribution is 9.10. The molecule has 1 aromatic carbocycles. The van der Waals surface area contributed by atoms with E-state index in [1.54, 1.807) is 25.3 Å². The van der Waals surface area contributed by atoms with Crippen LogP contribution in [0, 0.1) is 0 Å². The van der Waals surface area contributed by atoms with E-state index in [9.17, 15) is 9.59 Å². The van der Waals surface area contributed by atoms with Crippen LogP contribution in [0.5, 0.6) is 11.5 Å². The van der Waals surface area contributed by atoms with Crippen molar-refractivity contribution < 1.29 is 19.1 Å². The van der Waals surface area contributed by atoms with Gasteiger partial charge in [0.1, 0.15) is 5.70 Å². The summed E-state index contributed by atoms with van der Waals surface area (Å²) in [5.74, 6) is 0.772. The molecule has 2 rings (SSSR count). The fourth-order valence-corrected chi connectivity index (χ4v) is 2.54. The van der Waals surface area contributed by atoms with Gasteiger partial charge in [0.15, 0.2) is 11.5 Å². The predicted molar refractivity (Wildman–Crippen MR) is 81.1 cm³/mol. The summed E-state index contributed by atoms with van der Waals surface area (Å²) in [6.45, 7) is 2.36. The lowest BCUT2D eigenvalue weighted by Gasteiger charge is -2.12. The number of halogens is 1. The van der Waals surface area contributed by atoms with Gasteiger partial charge in [0, 0.05) is 7.05 Å². The lowest BCUT2D eigenvalue weighted by molar-refractivity contribution is -0.121. The molecule has 1 aliphatic heterocycles. The summed E-state index contributed by atoms with van der Waals surface area (Å²) in [4.78, 5) is 24.3. The summed E-state index contributed by atoms with van der Waals surface area (Å²) in [5.41, 5.74) is 0.937. The Morgan fingerprint density at radius 2 is 2.10 bits per heavy atom.